The van der Waals surface area contributed by atoms with Crippen LogP contribution in [-0.2, 0) is 21.1 Å². The average Bonchev–Trinajstić information content (AvgIpc) is 2.51. The molecule has 0 aliphatic carbocycles. The summed E-state index contributed by atoms with van der Waals surface area (Å²) in [5, 5.41) is 12.2. The summed E-state index contributed by atoms with van der Waals surface area (Å²) in [6.07, 6.45) is -0.0233. The van der Waals surface area contributed by atoms with E-state index >= 15 is 0 Å². The van der Waals surface area contributed by atoms with E-state index in [-0.39, 0.29) is 28.5 Å². The van der Waals surface area contributed by atoms with Crippen LogP contribution in [0.4, 0.5) is 10.1 Å². The molecule has 0 unspecified atom stereocenters. The summed E-state index contributed by atoms with van der Waals surface area (Å²) in [6, 6.07) is 9.17. The van der Waals surface area contributed by atoms with E-state index in [9.17, 15) is 22.7 Å². The summed E-state index contributed by atoms with van der Waals surface area (Å²) in [4.78, 5) is 12.0. The van der Waals surface area contributed by atoms with Crippen molar-refractivity contribution >= 4 is 21.4 Å². The van der Waals surface area contributed by atoms with E-state index in [1.165, 1.54) is 49.4 Å². The zero-order chi connectivity index (χ0) is 17.0. The molecule has 0 saturated heterocycles. The first kappa shape index (κ1) is 17.0. The summed E-state index contributed by atoms with van der Waals surface area (Å²) in [5.74, 6) is -1.16. The Morgan fingerprint density at radius 1 is 1.17 bits per heavy atom. The number of rotatable bonds is 5. The molecule has 5 nitrogen and oxygen atoms in total. The second kappa shape index (κ2) is 6.78. The Morgan fingerprint density at radius 2 is 1.83 bits per heavy atom. The molecule has 0 atom stereocenters. The molecule has 1 amide bonds. The van der Waals surface area contributed by atoms with E-state index in [2.05, 4.69) is 5.32 Å². The Morgan fingerprint density at radius 3 is 2.43 bits per heavy atom. The molecule has 23 heavy (non-hydrogen) atoms. The van der Waals surface area contributed by atoms with Crippen LogP contribution in [0.25, 0.3) is 0 Å². The van der Waals surface area contributed by atoms with Gasteiger partial charge in [-0.1, -0.05) is 19.1 Å². The zero-order valence-electron chi connectivity index (χ0n) is 12.4. The van der Waals surface area contributed by atoms with E-state index in [1.54, 1.807) is 0 Å². The number of aromatic hydroxyl groups is 1. The maximum Gasteiger partial charge on any atom is 0.228 e. The molecule has 0 radical (unpaired) electrons. The molecular formula is C16H16FNO4S. The van der Waals surface area contributed by atoms with Gasteiger partial charge in [0, 0.05) is 0 Å². The number of halogens is 1. The summed E-state index contributed by atoms with van der Waals surface area (Å²) in [5.41, 5.74) is 0.618. The number of carbonyl (C=O) groups excluding carboxylic acids is 1. The molecule has 7 heteroatoms. The lowest BCUT2D eigenvalue weighted by Gasteiger charge is -2.10. The van der Waals surface area contributed by atoms with E-state index in [1.807, 2.05) is 0 Å². The summed E-state index contributed by atoms with van der Waals surface area (Å²) in [6.45, 7) is 1.51. The maximum absolute atomic E-state index is 12.8. The molecule has 0 bridgehead atoms. The Bertz CT molecular complexity index is 816. The van der Waals surface area contributed by atoms with Crippen LogP contribution in [0.1, 0.15) is 12.5 Å². The number of carbonyl (C=O) groups is 1. The van der Waals surface area contributed by atoms with Crippen molar-refractivity contribution in [3.8, 4) is 5.75 Å². The topological polar surface area (TPSA) is 83.5 Å². The van der Waals surface area contributed by atoms with E-state index in [0.717, 1.165) is 0 Å². The van der Waals surface area contributed by atoms with Crippen molar-refractivity contribution in [2.75, 3.05) is 11.1 Å². The number of phenols is 1. The second-order valence-corrected chi connectivity index (χ2v) is 7.21. The highest BCUT2D eigenvalue weighted by Crippen LogP contribution is 2.27. The summed E-state index contributed by atoms with van der Waals surface area (Å²) < 4.78 is 36.5. The largest absolute Gasteiger partial charge is 0.506 e. The van der Waals surface area contributed by atoms with E-state index < -0.39 is 21.6 Å². The van der Waals surface area contributed by atoms with E-state index in [0.29, 0.717) is 5.56 Å². The number of benzene rings is 2. The minimum atomic E-state index is -3.44. The molecular weight excluding hydrogens is 321 g/mol. The first-order valence-corrected chi connectivity index (χ1v) is 8.57. The molecule has 0 heterocycles. The fourth-order valence-electron chi connectivity index (χ4n) is 1.96. The number of sulfone groups is 1. The molecule has 2 aromatic rings. The Hall–Kier alpha value is -2.41. The first-order chi connectivity index (χ1) is 10.8. The van der Waals surface area contributed by atoms with Gasteiger partial charge < -0.3 is 10.4 Å². The molecule has 0 fully saturated rings. The third-order valence-electron chi connectivity index (χ3n) is 3.26. The molecule has 0 aliphatic rings. The third kappa shape index (κ3) is 4.29. The fourth-order valence-corrected chi connectivity index (χ4v) is 2.86. The van der Waals surface area contributed by atoms with Gasteiger partial charge in [-0.05, 0) is 35.9 Å². The van der Waals surface area contributed by atoms with Gasteiger partial charge in [0.2, 0.25) is 5.91 Å². The number of nitrogens with one attached hydrogen (secondary N) is 1. The normalized spacial score (nSPS) is 11.2. The predicted octanol–water partition coefficient (Wildman–Crippen LogP) is 2.51. The lowest BCUT2D eigenvalue weighted by Crippen LogP contribution is -2.15. The van der Waals surface area contributed by atoms with Gasteiger partial charge >= 0.3 is 0 Å². The van der Waals surface area contributed by atoms with Crippen LogP contribution in [-0.4, -0.2) is 25.2 Å². The Balaban J connectivity index is 2.17. The molecule has 2 aromatic carbocycles. The lowest BCUT2D eigenvalue weighted by atomic mass is 10.1. The van der Waals surface area contributed by atoms with Gasteiger partial charge in [-0.2, -0.15) is 0 Å². The van der Waals surface area contributed by atoms with Gasteiger partial charge in [0.15, 0.2) is 9.84 Å². The molecule has 2 N–H and O–H groups in total. The molecule has 122 valence electrons. The van der Waals surface area contributed by atoms with E-state index in [4.69, 9.17) is 0 Å². The smallest absolute Gasteiger partial charge is 0.228 e. The van der Waals surface area contributed by atoms with Gasteiger partial charge in [-0.15, -0.1) is 0 Å². The monoisotopic (exact) mass is 337 g/mol. The highest BCUT2D eigenvalue weighted by atomic mass is 32.2. The molecule has 0 spiro atoms. The number of hydrogen-bond acceptors (Lipinski definition) is 4. The van der Waals surface area contributed by atoms with Crippen LogP contribution >= 0.6 is 0 Å². The number of phenolic OH excluding ortho intramolecular Hbond substituents is 1. The van der Waals surface area contributed by atoms with Crippen LogP contribution in [0.2, 0.25) is 0 Å². The van der Waals surface area contributed by atoms with Gasteiger partial charge in [0.25, 0.3) is 0 Å². The molecule has 0 saturated carbocycles. The van der Waals surface area contributed by atoms with Crippen LogP contribution in [0.5, 0.6) is 5.75 Å². The van der Waals surface area contributed by atoms with Gasteiger partial charge in [0.05, 0.1) is 22.8 Å². The second-order valence-electron chi connectivity index (χ2n) is 4.93. The maximum atomic E-state index is 12.8. The van der Waals surface area contributed by atoms with Crippen molar-refractivity contribution < 1.29 is 22.7 Å². The fraction of sp³-hybridized carbons (Fsp3) is 0.188. The van der Waals surface area contributed by atoms with Crippen molar-refractivity contribution in [1.82, 2.24) is 0 Å². The van der Waals surface area contributed by atoms with Crippen LogP contribution in [0.15, 0.2) is 47.4 Å². The quantitative estimate of drug-likeness (QED) is 0.821. The molecule has 0 aliphatic heterocycles. The minimum Gasteiger partial charge on any atom is -0.506 e. The highest BCUT2D eigenvalue weighted by molar-refractivity contribution is 7.91. The van der Waals surface area contributed by atoms with Crippen molar-refractivity contribution in [3.05, 3.63) is 53.8 Å². The Labute approximate surface area is 133 Å². The van der Waals surface area contributed by atoms with Gasteiger partial charge in [-0.25, -0.2) is 12.8 Å². The Kier molecular flexibility index (Phi) is 5.00. The summed E-state index contributed by atoms with van der Waals surface area (Å²) in [7, 11) is -3.44. The lowest BCUT2D eigenvalue weighted by molar-refractivity contribution is -0.115. The first-order valence-electron chi connectivity index (χ1n) is 6.92. The third-order valence-corrected chi connectivity index (χ3v) is 4.99. The number of amides is 1. The highest BCUT2D eigenvalue weighted by Gasteiger charge is 2.15. The molecule has 2 rings (SSSR count). The number of anilines is 1. The standard InChI is InChI=1S/C16H16FNO4S/c1-2-23(21,22)13-7-8-15(19)14(10-13)18-16(20)9-11-3-5-12(17)6-4-11/h3-8,10,19H,2,9H2,1H3,(H,18,20). The van der Waals surface area contributed by atoms with Crippen LogP contribution in [0, 0.1) is 5.82 Å². The van der Waals surface area contributed by atoms with Crippen molar-refractivity contribution in [1.29, 1.82) is 0 Å². The predicted molar refractivity (Wildman–Crippen MR) is 84.6 cm³/mol. The number of hydrogen-bond donors (Lipinski definition) is 2. The minimum absolute atomic E-state index is 0.0200. The average molecular weight is 337 g/mol. The van der Waals surface area contributed by atoms with Crippen molar-refractivity contribution in [3.63, 3.8) is 0 Å². The van der Waals surface area contributed by atoms with Gasteiger partial charge in [-0.3, -0.25) is 4.79 Å². The van der Waals surface area contributed by atoms with Crippen molar-refractivity contribution in [2.24, 2.45) is 0 Å². The SMILES string of the molecule is CCS(=O)(=O)c1ccc(O)c(NC(=O)Cc2ccc(F)cc2)c1. The van der Waals surface area contributed by atoms with Crippen LogP contribution < -0.4 is 5.32 Å². The van der Waals surface area contributed by atoms with Crippen molar-refractivity contribution in [2.45, 2.75) is 18.2 Å². The summed E-state index contributed by atoms with van der Waals surface area (Å²) >= 11 is 0. The molecule has 0 aromatic heterocycles. The van der Waals surface area contributed by atoms with Crippen LogP contribution in [0.3, 0.4) is 0 Å². The zero-order valence-corrected chi connectivity index (χ0v) is 13.2. The van der Waals surface area contributed by atoms with Gasteiger partial charge in [0.1, 0.15) is 11.6 Å².